The third-order valence-electron chi connectivity index (χ3n) is 3.12. The highest BCUT2D eigenvalue weighted by Gasteiger charge is 2.20. The van der Waals surface area contributed by atoms with Crippen LogP contribution < -0.4 is 0 Å². The number of aliphatic hydroxyl groups excluding tert-OH is 1. The molecule has 3 heteroatoms. The fraction of sp³-hybridized carbons (Fsp3) is 0.667. The van der Waals surface area contributed by atoms with Gasteiger partial charge < -0.3 is 9.84 Å². The normalized spacial score (nSPS) is 26.7. The molecule has 15 heavy (non-hydrogen) atoms. The molecule has 0 amide bonds. The summed E-state index contributed by atoms with van der Waals surface area (Å²) in [5.74, 6) is 0.519. The Kier molecular flexibility index (Phi) is 4.18. The average molecular weight is 226 g/mol. The lowest BCUT2D eigenvalue weighted by atomic mass is 9.88. The number of aliphatic hydroxyl groups is 1. The monoisotopic (exact) mass is 226 g/mol. The Morgan fingerprint density at radius 3 is 2.73 bits per heavy atom. The van der Waals surface area contributed by atoms with Crippen LogP contribution in [0.15, 0.2) is 16.8 Å². The predicted molar refractivity (Wildman–Crippen MR) is 61.9 cm³/mol. The molecule has 0 radical (unpaired) electrons. The molecular formula is C12H18O2S. The van der Waals surface area contributed by atoms with Crippen molar-refractivity contribution in [1.82, 2.24) is 0 Å². The second-order valence-corrected chi connectivity index (χ2v) is 5.05. The Hall–Kier alpha value is -0.380. The number of hydrogen-bond donors (Lipinski definition) is 1. The molecule has 2 rings (SSSR count). The van der Waals surface area contributed by atoms with Crippen molar-refractivity contribution in [3.63, 3.8) is 0 Å². The number of thiophene rings is 1. The number of ether oxygens (including phenoxy) is 1. The van der Waals surface area contributed by atoms with Gasteiger partial charge in [-0.25, -0.2) is 0 Å². The molecule has 1 fully saturated rings. The highest BCUT2D eigenvalue weighted by Crippen LogP contribution is 2.26. The quantitative estimate of drug-likeness (QED) is 0.855. The van der Waals surface area contributed by atoms with Gasteiger partial charge in [0.15, 0.2) is 0 Å². The zero-order valence-corrected chi connectivity index (χ0v) is 9.71. The van der Waals surface area contributed by atoms with Crippen molar-refractivity contribution in [2.24, 2.45) is 5.92 Å². The van der Waals surface area contributed by atoms with Crippen molar-refractivity contribution in [1.29, 1.82) is 0 Å². The van der Waals surface area contributed by atoms with E-state index < -0.39 is 0 Å². The first-order valence-electron chi connectivity index (χ1n) is 5.62. The van der Waals surface area contributed by atoms with Gasteiger partial charge in [0.2, 0.25) is 0 Å². The van der Waals surface area contributed by atoms with E-state index in [9.17, 15) is 0 Å². The Balaban J connectivity index is 1.69. The van der Waals surface area contributed by atoms with Crippen molar-refractivity contribution in [2.45, 2.75) is 38.4 Å². The fourth-order valence-corrected chi connectivity index (χ4v) is 2.72. The van der Waals surface area contributed by atoms with E-state index in [2.05, 4.69) is 16.8 Å². The lowest BCUT2D eigenvalue weighted by Gasteiger charge is -2.27. The van der Waals surface area contributed by atoms with E-state index in [4.69, 9.17) is 9.84 Å². The van der Waals surface area contributed by atoms with Crippen LogP contribution >= 0.6 is 11.3 Å². The minimum absolute atomic E-state index is 0.344. The second kappa shape index (κ2) is 5.64. The molecule has 0 unspecified atom stereocenters. The summed E-state index contributed by atoms with van der Waals surface area (Å²) in [6.45, 7) is 1.09. The lowest BCUT2D eigenvalue weighted by Crippen LogP contribution is -2.23. The van der Waals surface area contributed by atoms with E-state index in [1.807, 2.05) is 0 Å². The standard InChI is InChI=1S/C12H18O2S/c13-7-10-1-3-12(4-2-10)14-8-11-5-6-15-9-11/h5-6,9-10,12-13H,1-4,7-8H2. The Labute approximate surface area is 94.9 Å². The first kappa shape index (κ1) is 11.1. The molecule has 0 spiro atoms. The second-order valence-electron chi connectivity index (χ2n) is 4.27. The molecule has 1 aromatic heterocycles. The van der Waals surface area contributed by atoms with Crippen LogP contribution in [0.2, 0.25) is 0 Å². The molecule has 1 aromatic rings. The summed E-state index contributed by atoms with van der Waals surface area (Å²) < 4.78 is 5.85. The van der Waals surface area contributed by atoms with Crippen molar-refractivity contribution >= 4 is 11.3 Å². The van der Waals surface area contributed by atoms with Crippen molar-refractivity contribution in [3.8, 4) is 0 Å². The molecule has 1 heterocycles. The molecule has 1 aliphatic rings. The molecule has 0 aliphatic heterocycles. The van der Waals surface area contributed by atoms with E-state index in [0.717, 1.165) is 32.3 Å². The van der Waals surface area contributed by atoms with Crippen LogP contribution in [-0.2, 0) is 11.3 Å². The summed E-state index contributed by atoms with van der Waals surface area (Å²) in [6.07, 6.45) is 4.85. The molecule has 0 bridgehead atoms. The van der Waals surface area contributed by atoms with Crippen molar-refractivity contribution < 1.29 is 9.84 Å². The first-order chi connectivity index (χ1) is 7.38. The van der Waals surface area contributed by atoms with Crippen molar-refractivity contribution in [3.05, 3.63) is 22.4 Å². The van der Waals surface area contributed by atoms with Gasteiger partial charge in [0.05, 0.1) is 12.7 Å². The molecule has 2 nitrogen and oxygen atoms in total. The van der Waals surface area contributed by atoms with Gasteiger partial charge in [-0.05, 0) is 54.0 Å². The van der Waals surface area contributed by atoms with Crippen LogP contribution in [0.4, 0.5) is 0 Å². The van der Waals surface area contributed by atoms with Gasteiger partial charge in [-0.1, -0.05) is 0 Å². The molecule has 1 N–H and O–H groups in total. The summed E-state index contributed by atoms with van der Waals surface area (Å²) in [6, 6.07) is 2.12. The van der Waals surface area contributed by atoms with Gasteiger partial charge >= 0.3 is 0 Å². The zero-order valence-electron chi connectivity index (χ0n) is 8.89. The topological polar surface area (TPSA) is 29.5 Å². The molecular weight excluding hydrogens is 208 g/mol. The van der Waals surface area contributed by atoms with Crippen LogP contribution in [0.1, 0.15) is 31.2 Å². The smallest absolute Gasteiger partial charge is 0.0728 e. The van der Waals surface area contributed by atoms with Crippen LogP contribution in [-0.4, -0.2) is 17.8 Å². The van der Waals surface area contributed by atoms with Gasteiger partial charge in [-0.2, -0.15) is 11.3 Å². The van der Waals surface area contributed by atoms with Gasteiger partial charge in [0.1, 0.15) is 0 Å². The Bertz CT molecular complexity index is 263. The fourth-order valence-electron chi connectivity index (χ4n) is 2.07. The molecule has 0 saturated heterocycles. The van der Waals surface area contributed by atoms with E-state index in [0.29, 0.717) is 18.6 Å². The van der Waals surface area contributed by atoms with Gasteiger partial charge in [-0.15, -0.1) is 0 Å². The van der Waals surface area contributed by atoms with E-state index >= 15 is 0 Å². The average Bonchev–Trinajstić information content (AvgIpc) is 2.80. The van der Waals surface area contributed by atoms with Crippen LogP contribution in [0, 0.1) is 5.92 Å². The van der Waals surface area contributed by atoms with E-state index in [-0.39, 0.29) is 0 Å². The summed E-state index contributed by atoms with van der Waals surface area (Å²) in [5, 5.41) is 13.2. The molecule has 0 atom stereocenters. The SMILES string of the molecule is OCC1CCC(OCc2ccsc2)CC1. The number of rotatable bonds is 4. The molecule has 1 aliphatic carbocycles. The maximum absolute atomic E-state index is 9.02. The summed E-state index contributed by atoms with van der Waals surface area (Å²) in [7, 11) is 0. The van der Waals surface area contributed by atoms with Gasteiger partial charge in [0, 0.05) is 6.61 Å². The van der Waals surface area contributed by atoms with E-state index in [1.54, 1.807) is 11.3 Å². The van der Waals surface area contributed by atoms with Crippen molar-refractivity contribution in [2.75, 3.05) is 6.61 Å². The number of hydrogen-bond acceptors (Lipinski definition) is 3. The van der Waals surface area contributed by atoms with Crippen LogP contribution in [0.3, 0.4) is 0 Å². The Morgan fingerprint density at radius 2 is 2.13 bits per heavy atom. The maximum Gasteiger partial charge on any atom is 0.0728 e. The molecule has 0 aromatic carbocycles. The van der Waals surface area contributed by atoms with E-state index in [1.165, 1.54) is 5.56 Å². The largest absolute Gasteiger partial charge is 0.396 e. The van der Waals surface area contributed by atoms with Crippen LogP contribution in [0.5, 0.6) is 0 Å². The lowest BCUT2D eigenvalue weighted by molar-refractivity contribution is 0.00133. The summed E-state index contributed by atoms with van der Waals surface area (Å²) in [4.78, 5) is 0. The highest BCUT2D eigenvalue weighted by atomic mass is 32.1. The van der Waals surface area contributed by atoms with Crippen LogP contribution in [0.25, 0.3) is 0 Å². The predicted octanol–water partition coefficient (Wildman–Crippen LogP) is 2.82. The Morgan fingerprint density at radius 1 is 1.33 bits per heavy atom. The summed E-state index contributed by atoms with van der Waals surface area (Å²) in [5.41, 5.74) is 1.28. The summed E-state index contributed by atoms with van der Waals surface area (Å²) >= 11 is 1.72. The highest BCUT2D eigenvalue weighted by molar-refractivity contribution is 7.07. The molecule has 84 valence electrons. The maximum atomic E-state index is 9.02. The van der Waals surface area contributed by atoms with Gasteiger partial charge in [0.25, 0.3) is 0 Å². The molecule has 1 saturated carbocycles. The first-order valence-corrected chi connectivity index (χ1v) is 6.56. The minimum Gasteiger partial charge on any atom is -0.396 e. The third kappa shape index (κ3) is 3.30. The third-order valence-corrected chi connectivity index (χ3v) is 3.85. The minimum atomic E-state index is 0.344. The zero-order chi connectivity index (χ0) is 10.5. The van der Waals surface area contributed by atoms with Gasteiger partial charge in [-0.3, -0.25) is 0 Å².